The fraction of sp³-hybridized carbons (Fsp3) is 0.750. The smallest absolute Gasteiger partial charge is 0.110 e. The second-order valence-electron chi connectivity index (χ2n) is 2.95. The van der Waals surface area contributed by atoms with Gasteiger partial charge in [0.2, 0.25) is 0 Å². The first kappa shape index (κ1) is 7.13. The predicted molar refractivity (Wildman–Crippen MR) is 43.3 cm³/mol. The van der Waals surface area contributed by atoms with Crippen molar-refractivity contribution in [3.05, 3.63) is 11.8 Å². The molecule has 0 aromatic heterocycles. The van der Waals surface area contributed by atoms with E-state index < -0.39 is 0 Å². The Kier molecular flexibility index (Phi) is 2.10. The second kappa shape index (κ2) is 3.24. The number of nitrogens with one attached hydrogen (secondary N) is 2. The molecule has 3 nitrogen and oxygen atoms in total. The molecule has 11 heavy (non-hydrogen) atoms. The molecule has 0 amide bonds. The lowest BCUT2D eigenvalue weighted by molar-refractivity contribution is 0.208. The molecule has 0 radical (unpaired) electrons. The lowest BCUT2D eigenvalue weighted by Gasteiger charge is -2.24. The summed E-state index contributed by atoms with van der Waals surface area (Å²) in [6.45, 7) is 3.99. The Hall–Kier alpha value is -0.540. The summed E-state index contributed by atoms with van der Waals surface area (Å²) in [6, 6.07) is 0.422. The highest BCUT2D eigenvalue weighted by molar-refractivity contribution is 5.08. The maximum Gasteiger partial charge on any atom is 0.110 e. The molecule has 0 bridgehead atoms. The van der Waals surface area contributed by atoms with Crippen LogP contribution in [-0.4, -0.2) is 32.3 Å². The monoisotopic (exact) mass is 154 g/mol. The van der Waals surface area contributed by atoms with Crippen molar-refractivity contribution in [2.24, 2.45) is 0 Å². The van der Waals surface area contributed by atoms with Crippen LogP contribution in [-0.2, 0) is 4.74 Å². The zero-order valence-electron chi connectivity index (χ0n) is 6.60. The van der Waals surface area contributed by atoms with Crippen LogP contribution >= 0.6 is 0 Å². The molecule has 2 N–H and O–H groups in total. The fourth-order valence-electron chi connectivity index (χ4n) is 1.53. The summed E-state index contributed by atoms with van der Waals surface area (Å²) in [5, 5.41) is 6.73. The van der Waals surface area contributed by atoms with Crippen molar-refractivity contribution in [3.8, 4) is 0 Å². The van der Waals surface area contributed by atoms with Crippen LogP contribution < -0.4 is 10.6 Å². The van der Waals surface area contributed by atoms with Gasteiger partial charge in [0.05, 0.1) is 12.6 Å². The molecule has 3 heteroatoms. The van der Waals surface area contributed by atoms with Crippen molar-refractivity contribution in [2.75, 3.05) is 26.2 Å². The summed E-state index contributed by atoms with van der Waals surface area (Å²) < 4.78 is 5.45. The molecule has 0 aliphatic carbocycles. The van der Waals surface area contributed by atoms with Crippen molar-refractivity contribution in [2.45, 2.75) is 12.5 Å². The van der Waals surface area contributed by atoms with Gasteiger partial charge in [-0.15, -0.1) is 0 Å². The van der Waals surface area contributed by atoms with E-state index in [-0.39, 0.29) is 0 Å². The summed E-state index contributed by atoms with van der Waals surface area (Å²) >= 11 is 0. The third-order valence-electron chi connectivity index (χ3n) is 2.12. The first-order chi connectivity index (χ1) is 5.47. The van der Waals surface area contributed by atoms with Crippen molar-refractivity contribution < 1.29 is 4.74 Å². The molecule has 1 fully saturated rings. The molecule has 2 rings (SSSR count). The Labute approximate surface area is 66.8 Å². The predicted octanol–water partition coefficient (Wildman–Crippen LogP) is -0.148. The maximum atomic E-state index is 5.45. The molecule has 2 aliphatic heterocycles. The molecular weight excluding hydrogens is 140 g/mol. The number of ether oxygens (including phenoxy) is 1. The standard InChI is InChI=1S/C8H14N2O/c1-2-8(11-5-1)7-6-9-3-4-10-7/h2,7,9-10H,1,3-6H2. The van der Waals surface area contributed by atoms with Gasteiger partial charge in [-0.3, -0.25) is 0 Å². The molecule has 0 spiro atoms. The van der Waals surface area contributed by atoms with Crippen molar-refractivity contribution in [3.63, 3.8) is 0 Å². The van der Waals surface area contributed by atoms with Crippen LogP contribution in [0.5, 0.6) is 0 Å². The Balaban J connectivity index is 1.92. The minimum absolute atomic E-state index is 0.422. The van der Waals surface area contributed by atoms with Gasteiger partial charge in [0.1, 0.15) is 5.76 Å². The normalized spacial score (nSPS) is 31.3. The molecule has 0 saturated carbocycles. The van der Waals surface area contributed by atoms with Gasteiger partial charge < -0.3 is 15.4 Å². The van der Waals surface area contributed by atoms with Crippen LogP contribution in [0.3, 0.4) is 0 Å². The number of rotatable bonds is 1. The van der Waals surface area contributed by atoms with Crippen molar-refractivity contribution in [1.82, 2.24) is 10.6 Å². The molecule has 62 valence electrons. The van der Waals surface area contributed by atoms with Crippen LogP contribution in [0.2, 0.25) is 0 Å². The van der Waals surface area contributed by atoms with Gasteiger partial charge in [0.25, 0.3) is 0 Å². The van der Waals surface area contributed by atoms with Crippen LogP contribution in [0.15, 0.2) is 11.8 Å². The molecule has 2 heterocycles. The van der Waals surface area contributed by atoms with Gasteiger partial charge >= 0.3 is 0 Å². The Morgan fingerprint density at radius 3 is 3.09 bits per heavy atom. The third kappa shape index (κ3) is 1.54. The van der Waals surface area contributed by atoms with E-state index in [0.29, 0.717) is 6.04 Å². The highest BCUT2D eigenvalue weighted by Crippen LogP contribution is 2.13. The Morgan fingerprint density at radius 1 is 1.45 bits per heavy atom. The maximum absolute atomic E-state index is 5.45. The van der Waals surface area contributed by atoms with E-state index in [4.69, 9.17) is 4.74 Å². The summed E-state index contributed by atoms with van der Waals surface area (Å²) in [5.74, 6) is 1.14. The van der Waals surface area contributed by atoms with Gasteiger partial charge in [0.15, 0.2) is 0 Å². The summed E-state index contributed by atoms with van der Waals surface area (Å²) in [7, 11) is 0. The molecule has 0 aromatic rings. The lowest BCUT2D eigenvalue weighted by atomic mass is 10.2. The van der Waals surface area contributed by atoms with Crippen LogP contribution in [0, 0.1) is 0 Å². The molecular formula is C8H14N2O. The minimum Gasteiger partial charge on any atom is -0.496 e. The molecule has 2 aliphatic rings. The SMILES string of the molecule is C1=C(C2CNCCN2)OCC1. The molecule has 1 unspecified atom stereocenters. The largest absolute Gasteiger partial charge is 0.496 e. The second-order valence-corrected chi connectivity index (χ2v) is 2.95. The van der Waals surface area contributed by atoms with Gasteiger partial charge in [-0.1, -0.05) is 0 Å². The third-order valence-corrected chi connectivity index (χ3v) is 2.12. The van der Waals surface area contributed by atoms with Gasteiger partial charge in [-0.2, -0.15) is 0 Å². The van der Waals surface area contributed by atoms with Gasteiger partial charge in [-0.05, 0) is 6.08 Å². The summed E-state index contributed by atoms with van der Waals surface area (Å²) in [4.78, 5) is 0. The first-order valence-corrected chi connectivity index (χ1v) is 4.24. The van der Waals surface area contributed by atoms with Crippen molar-refractivity contribution in [1.29, 1.82) is 0 Å². The molecule has 0 aromatic carbocycles. The van der Waals surface area contributed by atoms with Gasteiger partial charge in [-0.25, -0.2) is 0 Å². The fourth-order valence-corrected chi connectivity index (χ4v) is 1.53. The molecule has 1 atom stereocenters. The summed E-state index contributed by atoms with van der Waals surface area (Å²) in [5.41, 5.74) is 0. The topological polar surface area (TPSA) is 33.3 Å². The number of hydrogen-bond acceptors (Lipinski definition) is 3. The minimum atomic E-state index is 0.422. The van der Waals surface area contributed by atoms with Crippen LogP contribution in [0.25, 0.3) is 0 Å². The van der Waals surface area contributed by atoms with Gasteiger partial charge in [0, 0.05) is 26.1 Å². The average Bonchev–Trinajstić information content (AvgIpc) is 2.58. The van der Waals surface area contributed by atoms with E-state index in [1.807, 2.05) is 0 Å². The number of piperazine rings is 1. The quantitative estimate of drug-likeness (QED) is 0.551. The van der Waals surface area contributed by atoms with E-state index in [9.17, 15) is 0 Å². The Morgan fingerprint density at radius 2 is 2.45 bits per heavy atom. The van der Waals surface area contributed by atoms with Crippen LogP contribution in [0.1, 0.15) is 6.42 Å². The van der Waals surface area contributed by atoms with E-state index in [0.717, 1.165) is 38.4 Å². The van der Waals surface area contributed by atoms with Crippen LogP contribution in [0.4, 0.5) is 0 Å². The Bertz CT molecular complexity index is 161. The average molecular weight is 154 g/mol. The van der Waals surface area contributed by atoms with E-state index in [1.165, 1.54) is 0 Å². The zero-order valence-corrected chi connectivity index (χ0v) is 6.60. The van der Waals surface area contributed by atoms with E-state index in [2.05, 4.69) is 16.7 Å². The highest BCUT2D eigenvalue weighted by Gasteiger charge is 2.19. The van der Waals surface area contributed by atoms with E-state index in [1.54, 1.807) is 0 Å². The first-order valence-electron chi connectivity index (χ1n) is 4.24. The zero-order chi connectivity index (χ0) is 7.52. The van der Waals surface area contributed by atoms with Crippen molar-refractivity contribution >= 4 is 0 Å². The molecule has 1 saturated heterocycles. The number of hydrogen-bond donors (Lipinski definition) is 2. The lowest BCUT2D eigenvalue weighted by Crippen LogP contribution is -2.49. The summed E-state index contributed by atoms with van der Waals surface area (Å²) in [6.07, 6.45) is 3.26. The highest BCUT2D eigenvalue weighted by atomic mass is 16.5. The van der Waals surface area contributed by atoms with E-state index >= 15 is 0 Å².